The van der Waals surface area contributed by atoms with Crippen LogP contribution in [0, 0.1) is 0 Å². The summed E-state index contributed by atoms with van der Waals surface area (Å²) in [7, 11) is -4.28. The van der Waals surface area contributed by atoms with Gasteiger partial charge in [0.1, 0.15) is 29.6 Å². The largest absolute Gasteiger partial charge is 0.465 e. The van der Waals surface area contributed by atoms with Crippen LogP contribution < -0.4 is 20.9 Å². The number of aromatic amines is 1. The number of fused-ring (bicyclic) bond motifs is 3. The highest BCUT2D eigenvalue weighted by atomic mass is 31.2. The molecule has 4 N–H and O–H groups in total. The molecule has 2 unspecified atom stereocenters. The van der Waals surface area contributed by atoms with E-state index in [1.807, 2.05) is 30.3 Å². The molecule has 15 nitrogen and oxygen atoms in total. The number of H-pyrrole nitrogens is 1. The molecule has 0 spiro atoms. The standard InChI is InChI=1S/C29H35N6O9P/c1-6-39-25(37)16(2)34-45(38,43-19-13-9-11-17-10-7-8-12-18(17)19)40-14-20-22-29(5,44-28(3,4)42-22)26(41-20)35-15-31-21-23(35)32-27(30)33-24(21)36/h7-13,15-16,20,22,26H,6,14H2,1-5H3,(H,34,38)(H3,30,32,33,36)/t16-,20+,22-,26+,29?,45?/m0/s1. The average molecular weight is 643 g/mol. The van der Waals surface area contributed by atoms with Crippen LogP contribution in [0.3, 0.4) is 0 Å². The van der Waals surface area contributed by atoms with E-state index in [0.29, 0.717) is 5.39 Å². The van der Waals surface area contributed by atoms with E-state index in [0.717, 1.165) is 5.39 Å². The van der Waals surface area contributed by atoms with Crippen LogP contribution >= 0.6 is 7.75 Å². The number of hydrogen-bond donors (Lipinski definition) is 3. The molecule has 2 aromatic heterocycles. The number of benzene rings is 2. The fourth-order valence-corrected chi connectivity index (χ4v) is 7.37. The molecule has 2 aromatic carbocycles. The maximum Gasteiger partial charge on any atom is 0.459 e. The summed E-state index contributed by atoms with van der Waals surface area (Å²) in [6, 6.07) is 11.7. The number of nitrogens with one attached hydrogen (secondary N) is 2. The Bertz CT molecular complexity index is 1860. The molecule has 4 aromatic rings. The van der Waals surface area contributed by atoms with Crippen LogP contribution in [-0.4, -0.2) is 68.3 Å². The van der Waals surface area contributed by atoms with Gasteiger partial charge in [0.15, 0.2) is 23.2 Å². The molecule has 6 rings (SSSR count). The molecule has 0 bridgehead atoms. The highest BCUT2D eigenvalue weighted by Gasteiger charge is 2.64. The van der Waals surface area contributed by atoms with E-state index >= 15 is 0 Å². The van der Waals surface area contributed by atoms with Crippen molar-refractivity contribution in [3.8, 4) is 5.75 Å². The third-order valence-electron chi connectivity index (χ3n) is 7.65. The van der Waals surface area contributed by atoms with E-state index in [2.05, 4.69) is 20.0 Å². The van der Waals surface area contributed by atoms with Gasteiger partial charge in [-0.15, -0.1) is 0 Å². The number of rotatable bonds is 10. The van der Waals surface area contributed by atoms with Gasteiger partial charge in [0, 0.05) is 5.39 Å². The lowest BCUT2D eigenvalue weighted by Crippen LogP contribution is -2.42. The van der Waals surface area contributed by atoms with Gasteiger partial charge in [0.2, 0.25) is 5.95 Å². The summed E-state index contributed by atoms with van der Waals surface area (Å²) >= 11 is 0. The van der Waals surface area contributed by atoms with Gasteiger partial charge in [-0.3, -0.25) is 23.7 Å². The fraction of sp³-hybridized carbons (Fsp3) is 0.448. The Hall–Kier alpha value is -3.85. The molecule has 45 heavy (non-hydrogen) atoms. The lowest BCUT2D eigenvalue weighted by atomic mass is 9.96. The van der Waals surface area contributed by atoms with E-state index in [1.165, 1.54) is 13.3 Å². The summed E-state index contributed by atoms with van der Waals surface area (Å²) in [5, 5.41) is 4.26. The molecule has 240 valence electrons. The summed E-state index contributed by atoms with van der Waals surface area (Å²) in [6.45, 7) is 8.33. The number of aromatic nitrogens is 4. The first-order valence-electron chi connectivity index (χ1n) is 14.4. The lowest BCUT2D eigenvalue weighted by molar-refractivity contribution is -0.216. The number of ether oxygens (including phenoxy) is 4. The van der Waals surface area contributed by atoms with Crippen molar-refractivity contribution in [2.45, 2.75) is 70.5 Å². The monoisotopic (exact) mass is 642 g/mol. The molecule has 0 aliphatic carbocycles. The molecule has 6 atom stereocenters. The number of anilines is 1. The van der Waals surface area contributed by atoms with Gasteiger partial charge in [0.05, 0.1) is 19.5 Å². The molecule has 0 radical (unpaired) electrons. The number of hydrogen-bond acceptors (Lipinski definition) is 12. The molecule has 16 heteroatoms. The molecule has 0 amide bonds. The molecule has 4 heterocycles. The third-order valence-corrected chi connectivity index (χ3v) is 9.27. The quantitative estimate of drug-likeness (QED) is 0.169. The van der Waals surface area contributed by atoms with E-state index in [1.54, 1.807) is 44.4 Å². The van der Waals surface area contributed by atoms with Crippen molar-refractivity contribution in [3.05, 3.63) is 59.1 Å². The number of carbonyl (C=O) groups is 1. The predicted molar refractivity (Wildman–Crippen MR) is 162 cm³/mol. The molecule has 0 saturated carbocycles. The molecule has 2 fully saturated rings. The fourth-order valence-electron chi connectivity index (χ4n) is 5.85. The van der Waals surface area contributed by atoms with Crippen LogP contribution in [0.2, 0.25) is 0 Å². The van der Waals surface area contributed by atoms with Gasteiger partial charge >= 0.3 is 13.7 Å². The minimum atomic E-state index is -4.28. The van der Waals surface area contributed by atoms with Crippen molar-refractivity contribution in [3.63, 3.8) is 0 Å². The molecule has 2 aliphatic rings. The van der Waals surface area contributed by atoms with Crippen molar-refractivity contribution in [1.82, 2.24) is 24.6 Å². The van der Waals surface area contributed by atoms with Crippen molar-refractivity contribution < 1.29 is 37.4 Å². The van der Waals surface area contributed by atoms with Crippen LogP contribution in [0.15, 0.2) is 53.6 Å². The zero-order valence-corrected chi connectivity index (χ0v) is 26.3. The lowest BCUT2D eigenvalue weighted by Gasteiger charge is -2.30. The van der Waals surface area contributed by atoms with E-state index in [9.17, 15) is 14.2 Å². The van der Waals surface area contributed by atoms with Crippen molar-refractivity contribution in [2.24, 2.45) is 0 Å². The van der Waals surface area contributed by atoms with Crippen molar-refractivity contribution in [1.29, 1.82) is 0 Å². The summed E-state index contributed by atoms with van der Waals surface area (Å²) in [5.41, 5.74) is 4.44. The number of nitrogens with zero attached hydrogens (tertiary/aromatic N) is 3. The topological polar surface area (TPSA) is 191 Å². The van der Waals surface area contributed by atoms with Crippen LogP contribution in [0.1, 0.15) is 40.8 Å². The van der Waals surface area contributed by atoms with Gasteiger partial charge < -0.3 is 29.2 Å². The number of nitrogens with two attached hydrogens (primary N) is 1. The average Bonchev–Trinajstić information content (AvgIpc) is 3.58. The van der Waals surface area contributed by atoms with Gasteiger partial charge in [0.25, 0.3) is 5.56 Å². The third kappa shape index (κ3) is 5.83. The second kappa shape index (κ2) is 11.5. The summed E-state index contributed by atoms with van der Waals surface area (Å²) in [6.07, 6.45) is -1.08. The van der Waals surface area contributed by atoms with Crippen molar-refractivity contribution in [2.75, 3.05) is 18.9 Å². The smallest absolute Gasteiger partial charge is 0.459 e. The Labute approximate surface area is 257 Å². The Morgan fingerprint density at radius 3 is 2.76 bits per heavy atom. The Morgan fingerprint density at radius 2 is 1.98 bits per heavy atom. The molecule has 2 saturated heterocycles. The first-order chi connectivity index (χ1) is 21.3. The van der Waals surface area contributed by atoms with Gasteiger partial charge in [-0.05, 0) is 46.1 Å². The molecular weight excluding hydrogens is 607 g/mol. The van der Waals surface area contributed by atoms with Gasteiger partial charge in [-0.2, -0.15) is 10.1 Å². The zero-order valence-electron chi connectivity index (χ0n) is 25.4. The maximum absolute atomic E-state index is 14.4. The van der Waals surface area contributed by atoms with E-state index in [-0.39, 0.29) is 36.1 Å². The Morgan fingerprint density at radius 1 is 1.22 bits per heavy atom. The number of esters is 1. The molecular formula is C29H35N6O9P. The summed E-state index contributed by atoms with van der Waals surface area (Å²) < 4.78 is 52.2. The van der Waals surface area contributed by atoms with E-state index < -0.39 is 55.1 Å². The maximum atomic E-state index is 14.4. The summed E-state index contributed by atoms with van der Waals surface area (Å²) in [4.78, 5) is 35.9. The van der Waals surface area contributed by atoms with Crippen LogP contribution in [0.5, 0.6) is 5.75 Å². The van der Waals surface area contributed by atoms with E-state index in [4.69, 9.17) is 33.7 Å². The molecule has 2 aliphatic heterocycles. The minimum Gasteiger partial charge on any atom is -0.465 e. The number of carbonyl (C=O) groups excluding carboxylic acids is 1. The Balaban J connectivity index is 1.32. The highest BCUT2D eigenvalue weighted by molar-refractivity contribution is 7.52. The van der Waals surface area contributed by atoms with Crippen molar-refractivity contribution >= 4 is 41.6 Å². The van der Waals surface area contributed by atoms with Gasteiger partial charge in [-0.1, -0.05) is 36.4 Å². The summed E-state index contributed by atoms with van der Waals surface area (Å²) in [5.74, 6) is -1.46. The second-order valence-corrected chi connectivity index (χ2v) is 13.2. The Kier molecular flexibility index (Phi) is 7.96. The normalized spacial score (nSPS) is 26.0. The first kappa shape index (κ1) is 31.1. The number of imidazole rings is 1. The van der Waals surface area contributed by atoms with Crippen LogP contribution in [0.25, 0.3) is 21.9 Å². The minimum absolute atomic E-state index is 0.0657. The first-order valence-corrected chi connectivity index (χ1v) is 16.0. The zero-order chi connectivity index (χ0) is 32.1. The predicted octanol–water partition coefficient (Wildman–Crippen LogP) is 3.41. The second-order valence-electron chi connectivity index (χ2n) is 11.5. The van der Waals surface area contributed by atoms with Crippen LogP contribution in [-0.2, 0) is 32.8 Å². The SMILES string of the molecule is CCOC(=O)[C@H](C)NP(=O)(OC[C@H]1O[C@@H](n2cnc3c(=O)[nH]c(N)nc32)C2(C)OC(C)(C)O[C@@H]12)Oc1cccc2ccccc12. The number of nitrogen functional groups attached to an aromatic ring is 1. The van der Waals surface area contributed by atoms with Gasteiger partial charge in [-0.25, -0.2) is 9.55 Å². The highest BCUT2D eigenvalue weighted by Crippen LogP contribution is 2.53. The van der Waals surface area contributed by atoms with Crippen LogP contribution in [0.4, 0.5) is 5.95 Å².